The summed E-state index contributed by atoms with van der Waals surface area (Å²) in [6.45, 7) is 0.226. The molecule has 1 aromatic carbocycles. The number of carbonyl (C=O) groups excluding carboxylic acids is 2. The van der Waals surface area contributed by atoms with Crippen molar-refractivity contribution in [3.05, 3.63) is 90.1 Å². The van der Waals surface area contributed by atoms with E-state index in [4.69, 9.17) is 5.73 Å². The van der Waals surface area contributed by atoms with E-state index in [9.17, 15) is 9.59 Å². The highest BCUT2D eigenvalue weighted by atomic mass is 16.2. The monoisotopic (exact) mass is 467 g/mol. The molecule has 0 saturated carbocycles. The number of hydrogen-bond donors (Lipinski definition) is 3. The van der Waals surface area contributed by atoms with E-state index in [2.05, 4.69) is 30.7 Å². The predicted octanol–water partition coefficient (Wildman–Crippen LogP) is 2.29. The fourth-order valence-electron chi connectivity index (χ4n) is 3.56. The summed E-state index contributed by atoms with van der Waals surface area (Å²) in [5.41, 5.74) is 8.33. The average Bonchev–Trinajstić information content (AvgIpc) is 3.47. The maximum atomic E-state index is 13.1. The maximum absolute atomic E-state index is 13.1. The number of rotatable bonds is 6. The molecule has 11 heteroatoms. The van der Waals surface area contributed by atoms with Crippen LogP contribution in [0.3, 0.4) is 0 Å². The molecule has 5 aromatic rings. The van der Waals surface area contributed by atoms with Crippen molar-refractivity contribution in [2.75, 3.05) is 11.1 Å². The van der Waals surface area contributed by atoms with Gasteiger partial charge >= 0.3 is 0 Å². The van der Waals surface area contributed by atoms with E-state index in [1.807, 2.05) is 36.5 Å². The Morgan fingerprint density at radius 1 is 1.00 bits per heavy atom. The van der Waals surface area contributed by atoms with Crippen molar-refractivity contribution in [1.29, 1.82) is 0 Å². The van der Waals surface area contributed by atoms with Crippen LogP contribution in [0.1, 0.15) is 26.4 Å². The minimum absolute atomic E-state index is 0.105. The first-order chi connectivity index (χ1) is 17.0. The molecule has 0 atom stereocenters. The number of benzene rings is 1. The van der Waals surface area contributed by atoms with Crippen LogP contribution >= 0.6 is 0 Å². The molecule has 0 saturated heterocycles. The highest BCUT2D eigenvalue weighted by Crippen LogP contribution is 2.19. The molecule has 0 radical (unpaired) electrons. The van der Waals surface area contributed by atoms with Crippen molar-refractivity contribution >= 4 is 29.2 Å². The van der Waals surface area contributed by atoms with Gasteiger partial charge < -0.3 is 16.4 Å². The number of imidazole rings is 1. The number of aryl methyl sites for hydroxylation is 1. The first-order valence-corrected chi connectivity index (χ1v) is 10.7. The first kappa shape index (κ1) is 21.8. The van der Waals surface area contributed by atoms with Crippen LogP contribution in [0.25, 0.3) is 17.0 Å². The molecule has 0 spiro atoms. The standard InChI is InChI=1S/C24H21N9O2/c1-32-21(17(13-28-32)22(34)27-12-15-7-8-19(25)26-11-15)23(35)30-20-9-10-33-14-18(29-24(33)31-20)16-5-3-2-4-6-16/h2-11,13-14H,12H2,1H3,(H2,25,26)(H,27,34)(H,29,30,31,35). The summed E-state index contributed by atoms with van der Waals surface area (Å²) in [7, 11) is 1.59. The minimum Gasteiger partial charge on any atom is -0.384 e. The summed E-state index contributed by atoms with van der Waals surface area (Å²) in [5, 5.41) is 9.58. The molecule has 4 N–H and O–H groups in total. The number of nitrogens with two attached hydrogens (primary N) is 1. The zero-order valence-electron chi connectivity index (χ0n) is 18.7. The molecule has 0 unspecified atom stereocenters. The number of hydrogen-bond acceptors (Lipinski definition) is 7. The molecule has 0 bridgehead atoms. The number of nitrogens with one attached hydrogen (secondary N) is 2. The van der Waals surface area contributed by atoms with Gasteiger partial charge in [-0.05, 0) is 17.7 Å². The van der Waals surface area contributed by atoms with E-state index < -0.39 is 11.8 Å². The second-order valence-electron chi connectivity index (χ2n) is 7.77. The van der Waals surface area contributed by atoms with Crippen LogP contribution in [0.15, 0.2) is 73.3 Å². The van der Waals surface area contributed by atoms with Gasteiger partial charge in [0.1, 0.15) is 17.3 Å². The van der Waals surface area contributed by atoms with Crippen LogP contribution in [-0.4, -0.2) is 40.9 Å². The number of aromatic nitrogens is 6. The Morgan fingerprint density at radius 3 is 2.60 bits per heavy atom. The summed E-state index contributed by atoms with van der Waals surface area (Å²) < 4.78 is 3.11. The number of fused-ring (bicyclic) bond motifs is 1. The molecule has 5 rings (SSSR count). The van der Waals surface area contributed by atoms with Gasteiger partial charge in [-0.25, -0.2) is 9.97 Å². The molecule has 2 amide bonds. The predicted molar refractivity (Wildman–Crippen MR) is 129 cm³/mol. The van der Waals surface area contributed by atoms with Crippen molar-refractivity contribution in [2.45, 2.75) is 6.54 Å². The molecular weight excluding hydrogens is 446 g/mol. The van der Waals surface area contributed by atoms with Crippen molar-refractivity contribution in [1.82, 2.24) is 34.4 Å². The topological polar surface area (TPSA) is 145 Å². The van der Waals surface area contributed by atoms with Gasteiger partial charge in [0.05, 0.1) is 17.5 Å². The molecule has 35 heavy (non-hydrogen) atoms. The highest BCUT2D eigenvalue weighted by Gasteiger charge is 2.22. The van der Waals surface area contributed by atoms with Gasteiger partial charge in [0.15, 0.2) is 0 Å². The van der Waals surface area contributed by atoms with Crippen LogP contribution < -0.4 is 16.4 Å². The largest absolute Gasteiger partial charge is 0.384 e. The van der Waals surface area contributed by atoms with E-state index in [0.29, 0.717) is 17.4 Å². The molecular formula is C24H21N9O2. The zero-order valence-corrected chi connectivity index (χ0v) is 18.7. The number of amides is 2. The third kappa shape index (κ3) is 4.55. The lowest BCUT2D eigenvalue weighted by molar-refractivity contribution is 0.0936. The van der Waals surface area contributed by atoms with E-state index in [1.165, 1.54) is 10.9 Å². The molecule has 0 aliphatic carbocycles. The van der Waals surface area contributed by atoms with Crippen LogP contribution in [0, 0.1) is 0 Å². The lowest BCUT2D eigenvalue weighted by Crippen LogP contribution is -2.27. The summed E-state index contributed by atoms with van der Waals surface area (Å²) in [5.74, 6) is 0.167. The summed E-state index contributed by atoms with van der Waals surface area (Å²) in [4.78, 5) is 38.8. The second-order valence-corrected chi connectivity index (χ2v) is 7.77. The Balaban J connectivity index is 1.33. The van der Waals surface area contributed by atoms with E-state index in [0.717, 1.165) is 16.8 Å². The Morgan fingerprint density at radius 2 is 1.83 bits per heavy atom. The quantitative estimate of drug-likeness (QED) is 0.347. The smallest absolute Gasteiger partial charge is 0.275 e. The SMILES string of the molecule is Cn1ncc(C(=O)NCc2ccc(N)nc2)c1C(=O)Nc1ccn2cc(-c3ccccc3)nc2n1. The minimum atomic E-state index is -0.518. The van der Waals surface area contributed by atoms with Crippen molar-refractivity contribution in [2.24, 2.45) is 7.05 Å². The summed E-state index contributed by atoms with van der Waals surface area (Å²) in [6, 6.07) is 14.8. The van der Waals surface area contributed by atoms with Gasteiger partial charge in [0, 0.05) is 37.7 Å². The van der Waals surface area contributed by atoms with Crippen molar-refractivity contribution < 1.29 is 9.59 Å². The van der Waals surface area contributed by atoms with E-state index >= 15 is 0 Å². The van der Waals surface area contributed by atoms with Crippen LogP contribution in [-0.2, 0) is 13.6 Å². The molecule has 0 aliphatic rings. The van der Waals surface area contributed by atoms with Gasteiger partial charge in [0.2, 0.25) is 5.78 Å². The van der Waals surface area contributed by atoms with E-state index in [1.54, 1.807) is 42.0 Å². The third-order valence-electron chi connectivity index (χ3n) is 5.34. The van der Waals surface area contributed by atoms with Crippen molar-refractivity contribution in [3.63, 3.8) is 0 Å². The Hall–Kier alpha value is -5.06. The summed E-state index contributed by atoms with van der Waals surface area (Å²) in [6.07, 6.45) is 6.55. The number of pyridine rings is 1. The van der Waals surface area contributed by atoms with Crippen LogP contribution in [0.2, 0.25) is 0 Å². The van der Waals surface area contributed by atoms with Crippen LogP contribution in [0.4, 0.5) is 11.6 Å². The number of nitrogen functional groups attached to an aromatic ring is 1. The van der Waals surface area contributed by atoms with Gasteiger partial charge in [-0.3, -0.25) is 18.7 Å². The lowest BCUT2D eigenvalue weighted by Gasteiger charge is -2.08. The number of carbonyl (C=O) groups is 2. The van der Waals surface area contributed by atoms with Crippen LogP contribution in [0.5, 0.6) is 0 Å². The molecule has 174 valence electrons. The van der Waals surface area contributed by atoms with Gasteiger partial charge in [0.25, 0.3) is 11.8 Å². The fraction of sp³-hybridized carbons (Fsp3) is 0.0833. The maximum Gasteiger partial charge on any atom is 0.275 e. The Bertz CT molecular complexity index is 1520. The number of anilines is 2. The van der Waals surface area contributed by atoms with Gasteiger partial charge in [-0.15, -0.1) is 0 Å². The first-order valence-electron chi connectivity index (χ1n) is 10.7. The molecule has 0 aliphatic heterocycles. The fourth-order valence-corrected chi connectivity index (χ4v) is 3.56. The highest BCUT2D eigenvalue weighted by molar-refractivity contribution is 6.10. The Labute approximate surface area is 199 Å². The zero-order chi connectivity index (χ0) is 24.4. The number of nitrogens with zero attached hydrogens (tertiary/aromatic N) is 6. The van der Waals surface area contributed by atoms with E-state index in [-0.39, 0.29) is 17.8 Å². The second kappa shape index (κ2) is 9.06. The van der Waals surface area contributed by atoms with Gasteiger partial charge in [-0.2, -0.15) is 10.1 Å². The van der Waals surface area contributed by atoms with Gasteiger partial charge in [-0.1, -0.05) is 36.4 Å². The molecule has 0 fully saturated rings. The van der Waals surface area contributed by atoms with Crippen molar-refractivity contribution in [3.8, 4) is 11.3 Å². The summed E-state index contributed by atoms with van der Waals surface area (Å²) >= 11 is 0. The normalized spacial score (nSPS) is 10.9. The molecule has 4 heterocycles. The molecule has 4 aromatic heterocycles. The molecule has 11 nitrogen and oxygen atoms in total. The lowest BCUT2D eigenvalue weighted by atomic mass is 10.2. The third-order valence-corrected chi connectivity index (χ3v) is 5.34. The Kier molecular flexibility index (Phi) is 5.63. The average molecular weight is 467 g/mol.